The molecule has 0 bridgehead atoms. The first kappa shape index (κ1) is 18.5. The Hall–Kier alpha value is -2.86. The molecule has 0 aromatic carbocycles. The fourth-order valence-electron chi connectivity index (χ4n) is 2.27. The van der Waals surface area contributed by atoms with Crippen molar-refractivity contribution in [3.05, 3.63) is 34.3 Å². The summed E-state index contributed by atoms with van der Waals surface area (Å²) in [4.78, 5) is 35.3. The predicted molar refractivity (Wildman–Crippen MR) is 92.4 cm³/mol. The molecule has 9 heteroatoms. The number of carbonyl (C=O) groups excluding carboxylic acids is 2. The molecule has 0 aliphatic carbocycles. The zero-order valence-electron chi connectivity index (χ0n) is 14.0. The van der Waals surface area contributed by atoms with Gasteiger partial charge in [-0.3, -0.25) is 4.79 Å². The van der Waals surface area contributed by atoms with Crippen molar-refractivity contribution in [2.75, 3.05) is 18.1 Å². The van der Waals surface area contributed by atoms with E-state index in [1.165, 1.54) is 6.20 Å². The Morgan fingerprint density at radius 3 is 2.76 bits per heavy atom. The number of ether oxygens (including phenoxy) is 1. The minimum Gasteiger partial charge on any atom is -0.462 e. The van der Waals surface area contributed by atoms with Crippen LogP contribution in [0.3, 0.4) is 0 Å². The van der Waals surface area contributed by atoms with Crippen LogP contribution in [0.5, 0.6) is 0 Å². The fraction of sp³-hybridized carbons (Fsp3) is 0.312. The summed E-state index contributed by atoms with van der Waals surface area (Å²) in [5, 5.41) is 9.11. The highest BCUT2D eigenvalue weighted by atomic mass is 32.2. The molecule has 130 valence electrons. The number of rotatable bonds is 6. The number of Topliss-reactive ketones (excluding diaryl/α,β-unsaturated/α-hetero) is 1. The molecule has 3 N–H and O–H groups in total. The number of esters is 1. The molecule has 25 heavy (non-hydrogen) atoms. The van der Waals surface area contributed by atoms with E-state index < -0.39 is 5.97 Å². The number of nitrogens with zero attached hydrogens (tertiary/aromatic N) is 3. The predicted octanol–water partition coefficient (Wildman–Crippen LogP) is 2.03. The Bertz CT molecular complexity index is 869. The first-order valence-electron chi connectivity index (χ1n) is 7.43. The SMILES string of the molecule is CCOC(=O)c1c(C)[nH]c(C(=O)CSc2ncc(C#N)c(N)n2)c1C. The number of ketones is 1. The number of aromatic nitrogens is 3. The van der Waals surface area contributed by atoms with E-state index in [0.29, 0.717) is 27.7 Å². The Morgan fingerprint density at radius 1 is 1.44 bits per heavy atom. The number of hydrogen-bond acceptors (Lipinski definition) is 8. The molecular weight excluding hydrogens is 342 g/mol. The van der Waals surface area contributed by atoms with E-state index in [9.17, 15) is 9.59 Å². The summed E-state index contributed by atoms with van der Waals surface area (Å²) in [5.41, 5.74) is 7.70. The lowest BCUT2D eigenvalue weighted by atomic mass is 10.1. The number of aryl methyl sites for hydroxylation is 1. The van der Waals surface area contributed by atoms with Gasteiger partial charge in [0.15, 0.2) is 10.9 Å². The van der Waals surface area contributed by atoms with Crippen LogP contribution in [0, 0.1) is 25.2 Å². The Kier molecular flexibility index (Phi) is 5.77. The molecule has 0 spiro atoms. The van der Waals surface area contributed by atoms with Gasteiger partial charge in [0.2, 0.25) is 0 Å². The van der Waals surface area contributed by atoms with Crippen molar-refractivity contribution in [1.29, 1.82) is 5.26 Å². The lowest BCUT2D eigenvalue weighted by Gasteiger charge is -2.03. The van der Waals surface area contributed by atoms with Gasteiger partial charge in [0.05, 0.1) is 29.8 Å². The maximum absolute atomic E-state index is 12.4. The van der Waals surface area contributed by atoms with Crippen molar-refractivity contribution in [1.82, 2.24) is 15.0 Å². The van der Waals surface area contributed by atoms with Gasteiger partial charge in [-0.2, -0.15) is 5.26 Å². The number of nitrogen functional groups attached to an aromatic ring is 1. The summed E-state index contributed by atoms with van der Waals surface area (Å²) in [7, 11) is 0. The zero-order valence-corrected chi connectivity index (χ0v) is 14.9. The molecule has 2 heterocycles. The highest BCUT2D eigenvalue weighted by Crippen LogP contribution is 2.22. The van der Waals surface area contributed by atoms with Gasteiger partial charge in [-0.05, 0) is 26.3 Å². The maximum atomic E-state index is 12.4. The van der Waals surface area contributed by atoms with Crippen molar-refractivity contribution in [3.8, 4) is 6.07 Å². The molecule has 0 unspecified atom stereocenters. The summed E-state index contributed by atoms with van der Waals surface area (Å²) in [6, 6.07) is 1.88. The number of nitriles is 1. The topological polar surface area (TPSA) is 135 Å². The van der Waals surface area contributed by atoms with Crippen molar-refractivity contribution in [2.45, 2.75) is 25.9 Å². The van der Waals surface area contributed by atoms with Crippen LogP contribution in [0.25, 0.3) is 0 Å². The highest BCUT2D eigenvalue weighted by molar-refractivity contribution is 7.99. The average Bonchev–Trinajstić information content (AvgIpc) is 2.87. The van der Waals surface area contributed by atoms with E-state index in [0.717, 1.165) is 11.8 Å². The molecule has 0 aliphatic rings. The van der Waals surface area contributed by atoms with Gasteiger partial charge < -0.3 is 15.5 Å². The Morgan fingerprint density at radius 2 is 2.16 bits per heavy atom. The van der Waals surface area contributed by atoms with Crippen LogP contribution in [0.15, 0.2) is 11.4 Å². The number of nitrogens with one attached hydrogen (secondary N) is 1. The average molecular weight is 359 g/mol. The number of anilines is 1. The van der Waals surface area contributed by atoms with Gasteiger partial charge >= 0.3 is 5.97 Å². The Labute approximate surface area is 148 Å². The number of carbonyl (C=O) groups is 2. The maximum Gasteiger partial charge on any atom is 0.340 e. The van der Waals surface area contributed by atoms with E-state index in [-0.39, 0.29) is 29.5 Å². The molecule has 8 nitrogen and oxygen atoms in total. The normalized spacial score (nSPS) is 10.3. The second kappa shape index (κ2) is 7.81. The quantitative estimate of drug-likeness (QED) is 0.346. The zero-order chi connectivity index (χ0) is 18.6. The van der Waals surface area contributed by atoms with E-state index in [1.807, 2.05) is 6.07 Å². The van der Waals surface area contributed by atoms with E-state index >= 15 is 0 Å². The number of H-pyrrole nitrogens is 1. The molecule has 2 aromatic heterocycles. The van der Waals surface area contributed by atoms with Crippen LogP contribution < -0.4 is 5.73 Å². The third-order valence-corrected chi connectivity index (χ3v) is 4.31. The molecule has 2 aromatic rings. The molecule has 0 saturated carbocycles. The second-order valence-corrected chi connectivity index (χ2v) is 6.06. The largest absolute Gasteiger partial charge is 0.462 e. The third-order valence-electron chi connectivity index (χ3n) is 3.44. The van der Waals surface area contributed by atoms with Crippen LogP contribution in [0.2, 0.25) is 0 Å². The molecule has 0 saturated heterocycles. The molecule has 0 fully saturated rings. The number of aromatic amines is 1. The molecule has 2 rings (SSSR count). The van der Waals surface area contributed by atoms with E-state index in [1.54, 1.807) is 20.8 Å². The van der Waals surface area contributed by atoms with Crippen molar-refractivity contribution < 1.29 is 14.3 Å². The summed E-state index contributed by atoms with van der Waals surface area (Å²) >= 11 is 1.10. The molecular formula is C16H17N5O3S. The van der Waals surface area contributed by atoms with Crippen molar-refractivity contribution in [3.63, 3.8) is 0 Å². The van der Waals surface area contributed by atoms with E-state index in [2.05, 4.69) is 15.0 Å². The second-order valence-electron chi connectivity index (χ2n) is 5.12. The van der Waals surface area contributed by atoms with Crippen LogP contribution >= 0.6 is 11.8 Å². The minimum absolute atomic E-state index is 0.0639. The minimum atomic E-state index is -0.455. The van der Waals surface area contributed by atoms with Gasteiger partial charge in [-0.1, -0.05) is 11.8 Å². The third kappa shape index (κ3) is 3.97. The number of thioether (sulfide) groups is 1. The fourth-order valence-corrected chi connectivity index (χ4v) is 2.97. The summed E-state index contributed by atoms with van der Waals surface area (Å²) in [5.74, 6) is -0.519. The smallest absolute Gasteiger partial charge is 0.340 e. The van der Waals surface area contributed by atoms with Gasteiger partial charge in [0.25, 0.3) is 0 Å². The highest BCUT2D eigenvalue weighted by Gasteiger charge is 2.23. The van der Waals surface area contributed by atoms with Crippen LogP contribution in [0.4, 0.5) is 5.82 Å². The van der Waals surface area contributed by atoms with E-state index in [4.69, 9.17) is 15.7 Å². The van der Waals surface area contributed by atoms with Gasteiger partial charge in [0.1, 0.15) is 17.5 Å². The number of hydrogen-bond donors (Lipinski definition) is 2. The molecule has 0 aliphatic heterocycles. The summed E-state index contributed by atoms with van der Waals surface area (Å²) < 4.78 is 5.01. The lowest BCUT2D eigenvalue weighted by molar-refractivity contribution is 0.0525. The van der Waals surface area contributed by atoms with Gasteiger partial charge in [-0.15, -0.1) is 0 Å². The van der Waals surface area contributed by atoms with Gasteiger partial charge in [0, 0.05) is 5.69 Å². The monoisotopic (exact) mass is 359 g/mol. The molecule has 0 radical (unpaired) electrons. The standard InChI is InChI=1S/C16H17N5O3S/c1-4-24-15(23)12-8(2)13(20-9(12)3)11(22)7-25-16-19-6-10(5-17)14(18)21-16/h6,20H,4,7H2,1-3H3,(H2,18,19,21). The summed E-state index contributed by atoms with van der Waals surface area (Å²) in [6.07, 6.45) is 1.32. The lowest BCUT2D eigenvalue weighted by Crippen LogP contribution is -2.09. The van der Waals surface area contributed by atoms with Crippen LogP contribution in [-0.2, 0) is 4.74 Å². The van der Waals surface area contributed by atoms with Crippen LogP contribution in [-0.4, -0.2) is 39.1 Å². The summed E-state index contributed by atoms with van der Waals surface area (Å²) in [6.45, 7) is 5.40. The molecule has 0 atom stereocenters. The van der Waals surface area contributed by atoms with Crippen molar-refractivity contribution >= 4 is 29.3 Å². The van der Waals surface area contributed by atoms with Crippen LogP contribution in [0.1, 0.15) is 44.6 Å². The Balaban J connectivity index is 2.14. The first-order chi connectivity index (χ1) is 11.9. The molecule has 0 amide bonds. The first-order valence-corrected chi connectivity index (χ1v) is 8.42. The van der Waals surface area contributed by atoms with Crippen molar-refractivity contribution in [2.24, 2.45) is 0 Å². The number of nitrogens with two attached hydrogens (primary N) is 1. The van der Waals surface area contributed by atoms with Gasteiger partial charge in [-0.25, -0.2) is 14.8 Å².